The molecule has 2 unspecified atom stereocenters. The molecule has 2 rings (SSSR count). The van der Waals surface area contributed by atoms with Crippen LogP contribution in [0.25, 0.3) is 0 Å². The number of aliphatic carboxylic acids is 1. The fourth-order valence-electron chi connectivity index (χ4n) is 3.48. The Morgan fingerprint density at radius 2 is 2.04 bits per heavy atom. The van der Waals surface area contributed by atoms with Crippen molar-refractivity contribution in [2.24, 2.45) is 5.92 Å². The molecule has 1 N–H and O–H groups in total. The first-order valence-electron chi connectivity index (χ1n) is 8.87. The second-order valence-electron chi connectivity index (χ2n) is 6.92. The van der Waals surface area contributed by atoms with Crippen LogP contribution in [0.3, 0.4) is 0 Å². The molecule has 1 aromatic carbocycles. The molecule has 1 amide bonds. The monoisotopic (exact) mass is 371 g/mol. The van der Waals surface area contributed by atoms with Crippen LogP contribution < -0.4 is 0 Å². The van der Waals surface area contributed by atoms with E-state index in [0.29, 0.717) is 18.5 Å². The summed E-state index contributed by atoms with van der Waals surface area (Å²) in [5.41, 5.74) is -0.244. The maximum absolute atomic E-state index is 12.8. The van der Waals surface area contributed by atoms with Crippen LogP contribution in [0, 0.1) is 5.92 Å². The van der Waals surface area contributed by atoms with Crippen molar-refractivity contribution >= 4 is 11.9 Å². The van der Waals surface area contributed by atoms with E-state index in [1.807, 2.05) is 0 Å². The summed E-state index contributed by atoms with van der Waals surface area (Å²) in [5, 5.41) is 8.87. The van der Waals surface area contributed by atoms with Crippen molar-refractivity contribution in [3.63, 3.8) is 0 Å². The van der Waals surface area contributed by atoms with Crippen LogP contribution in [-0.2, 0) is 22.2 Å². The van der Waals surface area contributed by atoms with Gasteiger partial charge in [0.05, 0.1) is 5.56 Å². The van der Waals surface area contributed by atoms with Crippen molar-refractivity contribution in [2.45, 2.75) is 57.7 Å². The van der Waals surface area contributed by atoms with Crippen molar-refractivity contribution in [3.8, 4) is 0 Å². The lowest BCUT2D eigenvalue weighted by Crippen LogP contribution is -2.46. The molecule has 0 aromatic heterocycles. The van der Waals surface area contributed by atoms with Crippen molar-refractivity contribution in [1.29, 1.82) is 0 Å². The lowest BCUT2D eigenvalue weighted by atomic mass is 9.93. The molecule has 2 atom stereocenters. The summed E-state index contributed by atoms with van der Waals surface area (Å²) in [4.78, 5) is 25.3. The zero-order chi connectivity index (χ0) is 19.3. The van der Waals surface area contributed by atoms with Crippen LogP contribution in [0.1, 0.15) is 50.2 Å². The normalized spacial score (nSPS) is 19.2. The van der Waals surface area contributed by atoms with E-state index in [-0.39, 0.29) is 24.8 Å². The maximum Gasteiger partial charge on any atom is 0.416 e. The van der Waals surface area contributed by atoms with Crippen molar-refractivity contribution < 1.29 is 27.9 Å². The van der Waals surface area contributed by atoms with Crippen LogP contribution in [-0.4, -0.2) is 34.5 Å². The molecule has 0 spiro atoms. The Balaban J connectivity index is 2.04. The van der Waals surface area contributed by atoms with E-state index in [1.165, 1.54) is 6.07 Å². The minimum Gasteiger partial charge on any atom is -0.481 e. The molecule has 4 nitrogen and oxygen atoms in total. The van der Waals surface area contributed by atoms with E-state index < -0.39 is 23.6 Å². The third kappa shape index (κ3) is 5.47. The standard InChI is InChI=1S/C19H24F3NO3/c1-13(11-14-5-4-6-15(12-14)19(20,21)22)18(26)23-10-3-2-7-16(23)8-9-17(24)25/h4-6,12-13,16H,2-3,7-11H2,1H3,(H,24,25). The molecule has 1 aromatic rings. The number of rotatable bonds is 6. The van der Waals surface area contributed by atoms with E-state index in [0.717, 1.165) is 31.4 Å². The van der Waals surface area contributed by atoms with Gasteiger partial charge in [0, 0.05) is 24.9 Å². The van der Waals surface area contributed by atoms with Crippen LogP contribution >= 0.6 is 0 Å². The Morgan fingerprint density at radius 1 is 1.31 bits per heavy atom. The average molecular weight is 371 g/mol. The summed E-state index contributed by atoms with van der Waals surface area (Å²) in [7, 11) is 0. The Morgan fingerprint density at radius 3 is 2.69 bits per heavy atom. The molecule has 26 heavy (non-hydrogen) atoms. The van der Waals surface area contributed by atoms with Gasteiger partial charge in [-0.25, -0.2) is 0 Å². The highest BCUT2D eigenvalue weighted by molar-refractivity contribution is 5.79. The zero-order valence-corrected chi connectivity index (χ0v) is 14.8. The summed E-state index contributed by atoms with van der Waals surface area (Å²) in [6, 6.07) is 4.95. The Bertz CT molecular complexity index is 645. The number of carboxylic acids is 1. The molecule has 7 heteroatoms. The largest absolute Gasteiger partial charge is 0.481 e. The number of carboxylic acid groups (broad SMARTS) is 1. The molecule has 1 fully saturated rings. The van der Waals surface area contributed by atoms with Crippen LogP contribution in [0.2, 0.25) is 0 Å². The number of carbonyl (C=O) groups is 2. The number of alkyl halides is 3. The summed E-state index contributed by atoms with van der Waals surface area (Å²) in [5.74, 6) is -1.46. The highest BCUT2D eigenvalue weighted by Gasteiger charge is 2.32. The van der Waals surface area contributed by atoms with Crippen molar-refractivity contribution in [3.05, 3.63) is 35.4 Å². The molecular formula is C19H24F3NO3. The SMILES string of the molecule is CC(Cc1cccc(C(F)(F)F)c1)C(=O)N1CCCCC1CCC(=O)O. The van der Waals surface area contributed by atoms with Gasteiger partial charge in [0.25, 0.3) is 0 Å². The number of likely N-dealkylation sites (tertiary alicyclic amines) is 1. The van der Waals surface area contributed by atoms with Crippen LogP contribution in [0.15, 0.2) is 24.3 Å². The molecule has 0 aliphatic carbocycles. The van der Waals surface area contributed by atoms with Gasteiger partial charge in [0.2, 0.25) is 5.91 Å². The quantitative estimate of drug-likeness (QED) is 0.818. The molecule has 0 saturated carbocycles. The minimum atomic E-state index is -4.40. The van der Waals surface area contributed by atoms with Gasteiger partial charge in [-0.05, 0) is 43.7 Å². The van der Waals surface area contributed by atoms with E-state index >= 15 is 0 Å². The first kappa shape index (κ1) is 20.3. The highest BCUT2D eigenvalue weighted by Crippen LogP contribution is 2.30. The van der Waals surface area contributed by atoms with Gasteiger partial charge in [-0.2, -0.15) is 13.2 Å². The zero-order valence-electron chi connectivity index (χ0n) is 14.8. The van der Waals surface area contributed by atoms with E-state index in [9.17, 15) is 22.8 Å². The van der Waals surface area contributed by atoms with Crippen molar-refractivity contribution in [1.82, 2.24) is 4.90 Å². The van der Waals surface area contributed by atoms with Gasteiger partial charge in [-0.3, -0.25) is 9.59 Å². The smallest absolute Gasteiger partial charge is 0.416 e. The lowest BCUT2D eigenvalue weighted by molar-refractivity contribution is -0.142. The molecule has 1 saturated heterocycles. The summed E-state index contributed by atoms with van der Waals surface area (Å²) >= 11 is 0. The van der Waals surface area contributed by atoms with Gasteiger partial charge in [0.1, 0.15) is 0 Å². The van der Waals surface area contributed by atoms with E-state index in [4.69, 9.17) is 5.11 Å². The number of halogens is 3. The Hall–Kier alpha value is -2.05. The predicted molar refractivity (Wildman–Crippen MR) is 90.5 cm³/mol. The molecule has 0 bridgehead atoms. The molecule has 1 aliphatic heterocycles. The third-order valence-corrected chi connectivity index (χ3v) is 4.82. The third-order valence-electron chi connectivity index (χ3n) is 4.82. The summed E-state index contributed by atoms with van der Waals surface area (Å²) in [6.45, 7) is 2.29. The summed E-state index contributed by atoms with van der Waals surface area (Å²) < 4.78 is 38.5. The Labute approximate surface area is 151 Å². The molecule has 144 valence electrons. The van der Waals surface area contributed by atoms with E-state index in [2.05, 4.69) is 0 Å². The predicted octanol–water partition coefficient (Wildman–Crippen LogP) is 4.13. The number of amides is 1. The number of benzene rings is 1. The number of hydrogen-bond acceptors (Lipinski definition) is 2. The number of carbonyl (C=O) groups excluding carboxylic acids is 1. The first-order chi connectivity index (χ1) is 12.2. The number of hydrogen-bond donors (Lipinski definition) is 1. The Kier molecular flexibility index (Phi) is 6.67. The van der Waals surface area contributed by atoms with Crippen molar-refractivity contribution in [2.75, 3.05) is 6.54 Å². The summed E-state index contributed by atoms with van der Waals surface area (Å²) in [6.07, 6.45) is -1.16. The maximum atomic E-state index is 12.8. The van der Waals surface area contributed by atoms with Crippen LogP contribution in [0.5, 0.6) is 0 Å². The number of piperidine rings is 1. The molecule has 1 aliphatic rings. The molecule has 1 heterocycles. The van der Waals surface area contributed by atoms with Crippen LogP contribution in [0.4, 0.5) is 13.2 Å². The minimum absolute atomic E-state index is 0.0104. The second kappa shape index (κ2) is 8.56. The van der Waals surface area contributed by atoms with Gasteiger partial charge < -0.3 is 10.0 Å². The van der Waals surface area contributed by atoms with Gasteiger partial charge >= 0.3 is 12.1 Å². The van der Waals surface area contributed by atoms with E-state index in [1.54, 1.807) is 17.9 Å². The highest BCUT2D eigenvalue weighted by atomic mass is 19.4. The average Bonchev–Trinajstić information content (AvgIpc) is 2.59. The fourth-order valence-corrected chi connectivity index (χ4v) is 3.48. The van der Waals surface area contributed by atoms with Gasteiger partial charge in [-0.1, -0.05) is 25.1 Å². The number of nitrogens with zero attached hydrogens (tertiary/aromatic N) is 1. The first-order valence-corrected chi connectivity index (χ1v) is 8.87. The topological polar surface area (TPSA) is 57.6 Å². The second-order valence-corrected chi connectivity index (χ2v) is 6.92. The molecular weight excluding hydrogens is 347 g/mol. The fraction of sp³-hybridized carbons (Fsp3) is 0.579. The van der Waals surface area contributed by atoms with Gasteiger partial charge in [0.15, 0.2) is 0 Å². The molecule has 0 radical (unpaired) electrons. The van der Waals surface area contributed by atoms with Gasteiger partial charge in [-0.15, -0.1) is 0 Å². The lowest BCUT2D eigenvalue weighted by Gasteiger charge is -2.37.